The third-order valence-corrected chi connectivity index (χ3v) is 2.48. The number of carboxylic acids is 2. The summed E-state index contributed by atoms with van der Waals surface area (Å²) in [6.07, 6.45) is 1.71. The summed E-state index contributed by atoms with van der Waals surface area (Å²) in [6.45, 7) is 5.50. The second kappa shape index (κ2) is 6.40. The summed E-state index contributed by atoms with van der Waals surface area (Å²) in [5, 5.41) is 17.7. The molecule has 0 aromatic rings. The Bertz CT molecular complexity index is 209. The van der Waals surface area contributed by atoms with Crippen molar-refractivity contribution in [3.63, 3.8) is 0 Å². The lowest BCUT2D eigenvalue weighted by atomic mass is 10.1. The van der Waals surface area contributed by atoms with Gasteiger partial charge in [0.1, 0.15) is 12.1 Å². The van der Waals surface area contributed by atoms with E-state index >= 15 is 0 Å². The van der Waals surface area contributed by atoms with E-state index in [0.717, 1.165) is 12.8 Å². The van der Waals surface area contributed by atoms with Gasteiger partial charge in [-0.1, -0.05) is 13.3 Å². The van der Waals surface area contributed by atoms with E-state index in [1.807, 2.05) is 6.92 Å². The van der Waals surface area contributed by atoms with Gasteiger partial charge in [0.25, 0.3) is 0 Å². The number of aliphatic carboxylic acids is 2. The molecule has 0 saturated carbocycles. The van der Waals surface area contributed by atoms with Crippen LogP contribution in [0.25, 0.3) is 0 Å². The van der Waals surface area contributed by atoms with E-state index in [0.29, 0.717) is 6.54 Å². The van der Waals surface area contributed by atoms with E-state index in [1.54, 1.807) is 0 Å². The normalized spacial score (nSPS) is 14.9. The quantitative estimate of drug-likeness (QED) is 0.666. The highest BCUT2D eigenvalue weighted by molar-refractivity contribution is 5.76. The second-order valence-electron chi connectivity index (χ2n) is 3.62. The lowest BCUT2D eigenvalue weighted by Gasteiger charge is -2.29. The number of hydrogen-bond acceptors (Lipinski definition) is 3. The summed E-state index contributed by atoms with van der Waals surface area (Å²) in [7, 11) is 0. The Morgan fingerprint density at radius 2 is 1.53 bits per heavy atom. The van der Waals surface area contributed by atoms with E-state index in [-0.39, 0.29) is 0 Å². The molecule has 0 aliphatic rings. The van der Waals surface area contributed by atoms with E-state index in [2.05, 4.69) is 0 Å². The molecule has 15 heavy (non-hydrogen) atoms. The second-order valence-corrected chi connectivity index (χ2v) is 3.62. The maximum atomic E-state index is 10.8. The zero-order valence-corrected chi connectivity index (χ0v) is 9.43. The van der Waals surface area contributed by atoms with E-state index in [1.165, 1.54) is 18.7 Å². The van der Waals surface area contributed by atoms with Crippen LogP contribution < -0.4 is 0 Å². The summed E-state index contributed by atoms with van der Waals surface area (Å²) < 4.78 is 0. The van der Waals surface area contributed by atoms with Gasteiger partial charge in [0.05, 0.1) is 0 Å². The van der Waals surface area contributed by atoms with Crippen LogP contribution in [0, 0.1) is 0 Å². The molecule has 2 unspecified atom stereocenters. The first-order valence-corrected chi connectivity index (χ1v) is 5.13. The van der Waals surface area contributed by atoms with Crippen LogP contribution in [0.5, 0.6) is 0 Å². The van der Waals surface area contributed by atoms with Crippen molar-refractivity contribution < 1.29 is 19.8 Å². The third kappa shape index (κ3) is 4.29. The SMILES string of the molecule is CCCCN(C(C)C(=O)O)C(C)C(=O)O. The standard InChI is InChI=1S/C10H19NO4/c1-4-5-6-11(7(2)9(12)13)8(3)10(14)15/h7-8H,4-6H2,1-3H3,(H,12,13)(H,14,15). The molecule has 0 spiro atoms. The summed E-state index contributed by atoms with van der Waals surface area (Å²) in [4.78, 5) is 23.1. The molecular formula is C10H19NO4. The van der Waals surface area contributed by atoms with Gasteiger partial charge in [-0.15, -0.1) is 0 Å². The van der Waals surface area contributed by atoms with Crippen LogP contribution in [0.4, 0.5) is 0 Å². The highest BCUT2D eigenvalue weighted by atomic mass is 16.4. The van der Waals surface area contributed by atoms with Crippen LogP contribution in [0.15, 0.2) is 0 Å². The minimum absolute atomic E-state index is 0.497. The summed E-state index contributed by atoms with van der Waals surface area (Å²) >= 11 is 0. The van der Waals surface area contributed by atoms with Crippen molar-refractivity contribution in [3.05, 3.63) is 0 Å². The summed E-state index contributed by atoms with van der Waals surface area (Å²) in [5.74, 6) is -1.97. The predicted octanol–water partition coefficient (Wildman–Crippen LogP) is 1.03. The number of hydrogen-bond donors (Lipinski definition) is 2. The highest BCUT2D eigenvalue weighted by Gasteiger charge is 2.28. The molecule has 0 amide bonds. The monoisotopic (exact) mass is 217 g/mol. The minimum atomic E-state index is -0.987. The third-order valence-electron chi connectivity index (χ3n) is 2.48. The molecule has 0 radical (unpaired) electrons. The Kier molecular flexibility index (Phi) is 5.93. The Hall–Kier alpha value is -1.10. The first kappa shape index (κ1) is 13.9. The molecule has 0 heterocycles. The van der Waals surface area contributed by atoms with Crippen LogP contribution in [-0.4, -0.2) is 45.7 Å². The van der Waals surface area contributed by atoms with Crippen molar-refractivity contribution in [2.45, 2.75) is 45.7 Å². The van der Waals surface area contributed by atoms with Gasteiger partial charge >= 0.3 is 11.9 Å². The maximum absolute atomic E-state index is 10.8. The van der Waals surface area contributed by atoms with Gasteiger partial charge in [-0.25, -0.2) is 0 Å². The molecule has 0 saturated heterocycles. The van der Waals surface area contributed by atoms with Crippen molar-refractivity contribution in [3.8, 4) is 0 Å². The topological polar surface area (TPSA) is 77.8 Å². The van der Waals surface area contributed by atoms with Crippen molar-refractivity contribution in [2.75, 3.05) is 6.54 Å². The smallest absolute Gasteiger partial charge is 0.320 e. The lowest BCUT2D eigenvalue weighted by molar-refractivity contribution is -0.149. The highest BCUT2D eigenvalue weighted by Crippen LogP contribution is 2.08. The van der Waals surface area contributed by atoms with Gasteiger partial charge in [-0.05, 0) is 26.8 Å². The molecule has 0 aromatic heterocycles. The molecule has 0 bridgehead atoms. The van der Waals surface area contributed by atoms with Crippen molar-refractivity contribution >= 4 is 11.9 Å². The number of rotatable bonds is 7. The fourth-order valence-corrected chi connectivity index (χ4v) is 1.35. The number of carbonyl (C=O) groups is 2. The molecule has 0 rings (SSSR count). The lowest BCUT2D eigenvalue weighted by Crippen LogP contribution is -2.48. The fourth-order valence-electron chi connectivity index (χ4n) is 1.35. The van der Waals surface area contributed by atoms with Crippen LogP contribution in [0.1, 0.15) is 33.6 Å². The van der Waals surface area contributed by atoms with Crippen molar-refractivity contribution in [1.29, 1.82) is 0 Å². The van der Waals surface area contributed by atoms with Crippen LogP contribution >= 0.6 is 0 Å². The Morgan fingerprint density at radius 3 is 1.80 bits per heavy atom. The maximum Gasteiger partial charge on any atom is 0.320 e. The van der Waals surface area contributed by atoms with Crippen LogP contribution in [0.2, 0.25) is 0 Å². The molecular weight excluding hydrogens is 198 g/mol. The Morgan fingerprint density at radius 1 is 1.13 bits per heavy atom. The zero-order valence-electron chi connectivity index (χ0n) is 9.43. The Balaban J connectivity index is 4.56. The first-order chi connectivity index (χ1) is 6.91. The molecule has 0 aliphatic carbocycles. The number of nitrogens with zero attached hydrogens (tertiary/aromatic N) is 1. The zero-order chi connectivity index (χ0) is 12.0. The first-order valence-electron chi connectivity index (χ1n) is 5.13. The van der Waals surface area contributed by atoms with E-state index in [9.17, 15) is 9.59 Å². The molecule has 0 aliphatic heterocycles. The Labute approximate surface area is 89.7 Å². The molecule has 5 heteroatoms. The van der Waals surface area contributed by atoms with Gasteiger partial charge in [-0.3, -0.25) is 14.5 Å². The molecule has 5 nitrogen and oxygen atoms in total. The van der Waals surface area contributed by atoms with Gasteiger partial charge in [0.2, 0.25) is 0 Å². The number of unbranched alkanes of at least 4 members (excludes halogenated alkanes) is 1. The van der Waals surface area contributed by atoms with Gasteiger partial charge in [0, 0.05) is 0 Å². The van der Waals surface area contributed by atoms with Crippen LogP contribution in [0.3, 0.4) is 0 Å². The largest absolute Gasteiger partial charge is 0.480 e. The fraction of sp³-hybridized carbons (Fsp3) is 0.800. The van der Waals surface area contributed by atoms with E-state index in [4.69, 9.17) is 10.2 Å². The molecule has 2 atom stereocenters. The minimum Gasteiger partial charge on any atom is -0.480 e. The molecule has 2 N–H and O–H groups in total. The molecule has 0 fully saturated rings. The average molecular weight is 217 g/mol. The summed E-state index contributed by atoms with van der Waals surface area (Å²) in [5.41, 5.74) is 0. The van der Waals surface area contributed by atoms with Crippen LogP contribution in [-0.2, 0) is 9.59 Å². The van der Waals surface area contributed by atoms with Crippen molar-refractivity contribution in [2.24, 2.45) is 0 Å². The van der Waals surface area contributed by atoms with Gasteiger partial charge in [0.15, 0.2) is 0 Å². The van der Waals surface area contributed by atoms with Gasteiger partial charge in [-0.2, -0.15) is 0 Å². The average Bonchev–Trinajstić information content (AvgIpc) is 2.17. The number of carboxylic acid groups (broad SMARTS) is 2. The van der Waals surface area contributed by atoms with Gasteiger partial charge < -0.3 is 10.2 Å². The van der Waals surface area contributed by atoms with Crippen molar-refractivity contribution in [1.82, 2.24) is 4.90 Å². The molecule has 88 valence electrons. The predicted molar refractivity (Wildman–Crippen MR) is 55.8 cm³/mol. The molecule has 0 aromatic carbocycles. The summed E-state index contributed by atoms with van der Waals surface area (Å²) in [6, 6.07) is -1.52. The van der Waals surface area contributed by atoms with E-state index < -0.39 is 24.0 Å².